The number of rotatable bonds is 4. The molecule has 4 heteroatoms. The highest BCUT2D eigenvalue weighted by molar-refractivity contribution is 4.97. The van der Waals surface area contributed by atoms with Gasteiger partial charge in [-0.25, -0.2) is 0 Å². The number of piperazine rings is 1. The standard InChI is InChI=1S/C17H34N2O2/c1-13(2)14-9-18-15(16(3,4)5)10-19(14)11-17(20-6)7-8-21-12-17/h13-15,18H,7-12H2,1-6H3. The van der Waals surface area contributed by atoms with E-state index in [4.69, 9.17) is 9.47 Å². The lowest BCUT2D eigenvalue weighted by molar-refractivity contribution is -0.0641. The Kier molecular flexibility index (Phi) is 5.35. The summed E-state index contributed by atoms with van der Waals surface area (Å²) >= 11 is 0. The molecule has 0 spiro atoms. The lowest BCUT2D eigenvalue weighted by atomic mass is 9.83. The molecule has 0 aromatic carbocycles. The van der Waals surface area contributed by atoms with Gasteiger partial charge in [-0.2, -0.15) is 0 Å². The molecule has 0 aromatic rings. The molecule has 0 aliphatic carbocycles. The van der Waals surface area contributed by atoms with E-state index in [1.165, 1.54) is 0 Å². The Morgan fingerprint density at radius 1 is 1.38 bits per heavy atom. The van der Waals surface area contributed by atoms with Crippen molar-refractivity contribution < 1.29 is 9.47 Å². The fourth-order valence-corrected chi connectivity index (χ4v) is 3.55. The number of nitrogens with one attached hydrogen (secondary N) is 1. The van der Waals surface area contributed by atoms with Crippen LogP contribution < -0.4 is 5.32 Å². The zero-order chi connectivity index (χ0) is 15.7. The molecule has 124 valence electrons. The van der Waals surface area contributed by atoms with Crippen LogP contribution in [0.3, 0.4) is 0 Å². The van der Waals surface area contributed by atoms with E-state index in [-0.39, 0.29) is 11.0 Å². The molecular weight excluding hydrogens is 264 g/mol. The van der Waals surface area contributed by atoms with Crippen LogP contribution in [0.15, 0.2) is 0 Å². The van der Waals surface area contributed by atoms with E-state index in [0.717, 1.165) is 39.3 Å². The minimum absolute atomic E-state index is 0.104. The maximum absolute atomic E-state index is 5.86. The summed E-state index contributed by atoms with van der Waals surface area (Å²) in [6, 6.07) is 1.11. The van der Waals surface area contributed by atoms with E-state index in [0.29, 0.717) is 18.0 Å². The summed E-state index contributed by atoms with van der Waals surface area (Å²) in [6.07, 6.45) is 1.01. The predicted octanol–water partition coefficient (Wildman–Crippen LogP) is 2.14. The molecule has 2 saturated heterocycles. The summed E-state index contributed by atoms with van der Waals surface area (Å²) in [5.41, 5.74) is 0.180. The Labute approximate surface area is 130 Å². The van der Waals surface area contributed by atoms with Crippen LogP contribution in [0.25, 0.3) is 0 Å². The van der Waals surface area contributed by atoms with Crippen LogP contribution in [0, 0.1) is 11.3 Å². The molecule has 3 atom stereocenters. The van der Waals surface area contributed by atoms with E-state index >= 15 is 0 Å². The number of nitrogens with zero attached hydrogens (tertiary/aromatic N) is 1. The lowest BCUT2D eigenvalue weighted by Gasteiger charge is -2.48. The van der Waals surface area contributed by atoms with Crippen molar-refractivity contribution in [1.29, 1.82) is 0 Å². The third kappa shape index (κ3) is 3.98. The molecule has 0 amide bonds. The zero-order valence-corrected chi connectivity index (χ0v) is 14.7. The fourth-order valence-electron chi connectivity index (χ4n) is 3.55. The van der Waals surface area contributed by atoms with Crippen molar-refractivity contribution in [2.24, 2.45) is 11.3 Å². The van der Waals surface area contributed by atoms with Crippen molar-refractivity contribution in [2.45, 2.75) is 58.7 Å². The molecule has 2 rings (SSSR count). The first-order chi connectivity index (χ1) is 9.77. The maximum Gasteiger partial charge on any atom is 0.106 e. The van der Waals surface area contributed by atoms with Crippen molar-refractivity contribution in [3.8, 4) is 0 Å². The Balaban J connectivity index is 2.10. The molecule has 21 heavy (non-hydrogen) atoms. The minimum Gasteiger partial charge on any atom is -0.378 e. The Morgan fingerprint density at radius 2 is 2.10 bits per heavy atom. The van der Waals surface area contributed by atoms with E-state index in [1.807, 2.05) is 7.11 Å². The van der Waals surface area contributed by atoms with Gasteiger partial charge in [-0.05, 0) is 11.3 Å². The second-order valence-electron chi connectivity index (χ2n) is 8.26. The SMILES string of the molecule is COC1(CN2CC(C(C)(C)C)NCC2C(C)C)CCOC1. The molecular formula is C17H34N2O2. The monoisotopic (exact) mass is 298 g/mol. The third-order valence-electron chi connectivity index (χ3n) is 5.27. The van der Waals surface area contributed by atoms with Crippen LogP contribution in [0.4, 0.5) is 0 Å². The van der Waals surface area contributed by atoms with Gasteiger partial charge in [0.05, 0.1) is 6.61 Å². The van der Waals surface area contributed by atoms with Crippen molar-refractivity contribution in [3.63, 3.8) is 0 Å². The van der Waals surface area contributed by atoms with Crippen molar-refractivity contribution in [2.75, 3.05) is 40.0 Å². The molecule has 0 radical (unpaired) electrons. The first-order valence-corrected chi connectivity index (χ1v) is 8.38. The average molecular weight is 298 g/mol. The van der Waals surface area contributed by atoms with E-state index in [1.54, 1.807) is 0 Å². The molecule has 0 saturated carbocycles. The van der Waals surface area contributed by atoms with Crippen LogP contribution in [-0.2, 0) is 9.47 Å². The minimum atomic E-state index is -0.104. The van der Waals surface area contributed by atoms with Gasteiger partial charge in [-0.15, -0.1) is 0 Å². The normalized spacial score (nSPS) is 35.6. The number of methoxy groups -OCH3 is 1. The third-order valence-corrected chi connectivity index (χ3v) is 5.27. The largest absolute Gasteiger partial charge is 0.378 e. The number of ether oxygens (including phenoxy) is 2. The van der Waals surface area contributed by atoms with Crippen LogP contribution in [-0.4, -0.2) is 62.5 Å². The number of hydrogen-bond donors (Lipinski definition) is 1. The van der Waals surface area contributed by atoms with Gasteiger partial charge in [0.15, 0.2) is 0 Å². The van der Waals surface area contributed by atoms with Crippen LogP contribution in [0.1, 0.15) is 41.0 Å². The first kappa shape index (κ1) is 17.2. The lowest BCUT2D eigenvalue weighted by Crippen LogP contribution is -2.64. The van der Waals surface area contributed by atoms with Crippen molar-refractivity contribution >= 4 is 0 Å². The summed E-state index contributed by atoms with van der Waals surface area (Å²) in [6.45, 7) is 16.3. The molecule has 2 fully saturated rings. The van der Waals surface area contributed by atoms with E-state index < -0.39 is 0 Å². The van der Waals surface area contributed by atoms with Gasteiger partial charge in [0.1, 0.15) is 5.60 Å². The molecule has 2 heterocycles. The maximum atomic E-state index is 5.86. The quantitative estimate of drug-likeness (QED) is 0.862. The van der Waals surface area contributed by atoms with Crippen LogP contribution in [0.5, 0.6) is 0 Å². The van der Waals surface area contributed by atoms with E-state index in [9.17, 15) is 0 Å². The fraction of sp³-hybridized carbons (Fsp3) is 1.00. The van der Waals surface area contributed by atoms with Crippen LogP contribution >= 0.6 is 0 Å². The average Bonchev–Trinajstić information content (AvgIpc) is 2.86. The van der Waals surface area contributed by atoms with E-state index in [2.05, 4.69) is 44.8 Å². The smallest absolute Gasteiger partial charge is 0.106 e. The van der Waals surface area contributed by atoms with Gasteiger partial charge in [-0.1, -0.05) is 34.6 Å². The van der Waals surface area contributed by atoms with Gasteiger partial charge in [0.25, 0.3) is 0 Å². The second-order valence-corrected chi connectivity index (χ2v) is 8.26. The second kappa shape index (κ2) is 6.53. The molecule has 0 bridgehead atoms. The number of hydrogen-bond acceptors (Lipinski definition) is 4. The van der Waals surface area contributed by atoms with Crippen molar-refractivity contribution in [1.82, 2.24) is 10.2 Å². The highest BCUT2D eigenvalue weighted by Gasteiger charge is 2.42. The summed E-state index contributed by atoms with van der Waals surface area (Å²) in [5.74, 6) is 0.648. The summed E-state index contributed by atoms with van der Waals surface area (Å²) in [5, 5.41) is 3.76. The highest BCUT2D eigenvalue weighted by atomic mass is 16.5. The van der Waals surface area contributed by atoms with Gasteiger partial charge < -0.3 is 14.8 Å². The zero-order valence-electron chi connectivity index (χ0n) is 14.7. The Hall–Kier alpha value is -0.160. The first-order valence-electron chi connectivity index (χ1n) is 8.38. The van der Waals surface area contributed by atoms with Gasteiger partial charge in [-0.3, -0.25) is 4.90 Å². The van der Waals surface area contributed by atoms with Gasteiger partial charge in [0.2, 0.25) is 0 Å². The molecule has 2 aliphatic heterocycles. The van der Waals surface area contributed by atoms with Crippen molar-refractivity contribution in [3.05, 3.63) is 0 Å². The summed E-state index contributed by atoms with van der Waals surface area (Å²) < 4.78 is 11.5. The van der Waals surface area contributed by atoms with Gasteiger partial charge in [0, 0.05) is 51.9 Å². The molecule has 2 aliphatic rings. The molecule has 1 N–H and O–H groups in total. The topological polar surface area (TPSA) is 33.7 Å². The van der Waals surface area contributed by atoms with Crippen LogP contribution in [0.2, 0.25) is 0 Å². The highest BCUT2D eigenvalue weighted by Crippen LogP contribution is 2.30. The van der Waals surface area contributed by atoms with Gasteiger partial charge >= 0.3 is 0 Å². The molecule has 0 aromatic heterocycles. The summed E-state index contributed by atoms with van der Waals surface area (Å²) in [7, 11) is 1.84. The predicted molar refractivity (Wildman–Crippen MR) is 86.6 cm³/mol. The Morgan fingerprint density at radius 3 is 2.57 bits per heavy atom. The molecule has 3 unspecified atom stereocenters. The molecule has 4 nitrogen and oxygen atoms in total. The summed E-state index contributed by atoms with van der Waals surface area (Å²) in [4.78, 5) is 2.65. The Bertz CT molecular complexity index is 332.